The first-order valence-electron chi connectivity index (χ1n) is 8.96. The molecule has 28 heavy (non-hydrogen) atoms. The van der Waals surface area contributed by atoms with E-state index in [4.69, 9.17) is 9.26 Å². The van der Waals surface area contributed by atoms with E-state index in [1.54, 1.807) is 17.0 Å². The van der Waals surface area contributed by atoms with Gasteiger partial charge in [0, 0.05) is 31.4 Å². The third-order valence-corrected chi connectivity index (χ3v) is 4.53. The van der Waals surface area contributed by atoms with Gasteiger partial charge in [0.1, 0.15) is 5.69 Å². The maximum atomic E-state index is 13.6. The molecule has 144 valence electrons. The molecule has 0 bridgehead atoms. The second-order valence-corrected chi connectivity index (χ2v) is 6.45. The number of para-hydroxylation sites is 1. The van der Waals surface area contributed by atoms with E-state index in [2.05, 4.69) is 20.1 Å². The van der Waals surface area contributed by atoms with Crippen molar-refractivity contribution >= 4 is 5.91 Å². The Morgan fingerprint density at radius 1 is 1.32 bits per heavy atom. The van der Waals surface area contributed by atoms with Crippen molar-refractivity contribution in [3.8, 4) is 5.75 Å². The monoisotopic (exact) mass is 383 g/mol. The number of hydrogen-bond donors (Lipinski definition) is 0. The average molecular weight is 383 g/mol. The third kappa shape index (κ3) is 3.98. The molecule has 1 fully saturated rings. The van der Waals surface area contributed by atoms with E-state index < -0.39 is 5.82 Å². The van der Waals surface area contributed by atoms with E-state index in [1.165, 1.54) is 30.7 Å². The molecule has 1 saturated heterocycles. The Morgan fingerprint density at radius 2 is 2.21 bits per heavy atom. The zero-order valence-corrected chi connectivity index (χ0v) is 15.0. The number of halogens is 1. The van der Waals surface area contributed by atoms with Crippen LogP contribution >= 0.6 is 0 Å². The van der Waals surface area contributed by atoms with Crippen molar-refractivity contribution in [1.82, 2.24) is 25.0 Å². The summed E-state index contributed by atoms with van der Waals surface area (Å²) in [6.45, 7) is 1.10. The predicted octanol–water partition coefficient (Wildman–Crippen LogP) is 2.60. The molecule has 1 atom stereocenters. The van der Waals surface area contributed by atoms with Crippen LogP contribution in [0.5, 0.6) is 5.75 Å². The zero-order valence-electron chi connectivity index (χ0n) is 15.0. The molecule has 8 nitrogen and oxygen atoms in total. The van der Waals surface area contributed by atoms with Gasteiger partial charge in [0.05, 0.1) is 6.20 Å². The standard InChI is InChI=1S/C19H18FN5O3/c20-14-5-1-2-6-16(14)27-12-17-23-18(24-28-17)13-4-3-9-25(11-13)19(26)15-10-21-7-8-22-15/h1-2,5-8,10,13H,3-4,9,11-12H2. The Bertz CT molecular complexity index is 950. The van der Waals surface area contributed by atoms with Gasteiger partial charge in [-0.3, -0.25) is 9.78 Å². The summed E-state index contributed by atoms with van der Waals surface area (Å²) in [5.74, 6) is 0.248. The molecule has 3 heterocycles. The number of benzene rings is 1. The Hall–Kier alpha value is -3.36. The number of piperidine rings is 1. The number of likely N-dealkylation sites (tertiary alicyclic amines) is 1. The number of rotatable bonds is 5. The van der Waals surface area contributed by atoms with Crippen LogP contribution in [-0.2, 0) is 6.61 Å². The summed E-state index contributed by atoms with van der Waals surface area (Å²) in [7, 11) is 0. The molecule has 1 aliphatic rings. The summed E-state index contributed by atoms with van der Waals surface area (Å²) < 4.78 is 24.2. The molecule has 1 unspecified atom stereocenters. The molecule has 0 spiro atoms. The number of aromatic nitrogens is 4. The van der Waals surface area contributed by atoms with Crippen molar-refractivity contribution < 1.29 is 18.4 Å². The van der Waals surface area contributed by atoms with Crippen molar-refractivity contribution in [3.63, 3.8) is 0 Å². The van der Waals surface area contributed by atoms with Gasteiger partial charge in [-0.25, -0.2) is 9.37 Å². The third-order valence-electron chi connectivity index (χ3n) is 4.53. The predicted molar refractivity (Wildman–Crippen MR) is 94.9 cm³/mol. The van der Waals surface area contributed by atoms with Crippen LogP contribution in [0.25, 0.3) is 0 Å². The molecule has 9 heteroatoms. The SMILES string of the molecule is O=C(c1cnccn1)N1CCCC(c2noc(COc3ccccc3F)n2)C1. The van der Waals surface area contributed by atoms with Gasteiger partial charge in [-0.05, 0) is 25.0 Å². The van der Waals surface area contributed by atoms with E-state index in [0.717, 1.165) is 12.8 Å². The van der Waals surface area contributed by atoms with E-state index >= 15 is 0 Å². The van der Waals surface area contributed by atoms with Crippen LogP contribution in [0.4, 0.5) is 4.39 Å². The summed E-state index contributed by atoms with van der Waals surface area (Å²) in [6, 6.07) is 6.12. The van der Waals surface area contributed by atoms with E-state index in [9.17, 15) is 9.18 Å². The number of ether oxygens (including phenoxy) is 1. The number of amides is 1. The fourth-order valence-electron chi connectivity index (χ4n) is 3.14. The van der Waals surface area contributed by atoms with Gasteiger partial charge in [0.15, 0.2) is 24.0 Å². The lowest BCUT2D eigenvalue weighted by molar-refractivity contribution is 0.0697. The Labute approximate surface area is 160 Å². The van der Waals surface area contributed by atoms with Crippen LogP contribution in [0.2, 0.25) is 0 Å². The number of nitrogens with zero attached hydrogens (tertiary/aromatic N) is 5. The molecule has 1 aromatic carbocycles. The highest BCUT2D eigenvalue weighted by Gasteiger charge is 2.29. The fraction of sp³-hybridized carbons (Fsp3) is 0.316. The normalized spacial score (nSPS) is 16.8. The summed E-state index contributed by atoms with van der Waals surface area (Å²) in [5, 5.41) is 4.02. The minimum atomic E-state index is -0.451. The number of carbonyl (C=O) groups is 1. The van der Waals surface area contributed by atoms with Crippen LogP contribution in [0.15, 0.2) is 47.4 Å². The fourth-order valence-corrected chi connectivity index (χ4v) is 3.14. The lowest BCUT2D eigenvalue weighted by Gasteiger charge is -2.30. The highest BCUT2D eigenvalue weighted by molar-refractivity contribution is 5.92. The molecule has 0 N–H and O–H groups in total. The second kappa shape index (κ2) is 8.12. The lowest BCUT2D eigenvalue weighted by atomic mass is 9.97. The molecule has 1 amide bonds. The first-order valence-corrected chi connectivity index (χ1v) is 8.96. The summed E-state index contributed by atoms with van der Waals surface area (Å²) >= 11 is 0. The van der Waals surface area contributed by atoms with Crippen molar-refractivity contribution in [2.45, 2.75) is 25.4 Å². The van der Waals surface area contributed by atoms with Crippen LogP contribution < -0.4 is 4.74 Å². The molecular weight excluding hydrogens is 365 g/mol. The van der Waals surface area contributed by atoms with Gasteiger partial charge in [0.2, 0.25) is 0 Å². The molecule has 2 aromatic heterocycles. The van der Waals surface area contributed by atoms with E-state index in [0.29, 0.717) is 24.6 Å². The minimum Gasteiger partial charge on any atom is -0.481 e. The Balaban J connectivity index is 1.39. The first-order chi connectivity index (χ1) is 13.7. The second-order valence-electron chi connectivity index (χ2n) is 6.45. The molecule has 0 aliphatic carbocycles. The van der Waals surface area contributed by atoms with E-state index in [1.807, 2.05) is 0 Å². The Kier molecular flexibility index (Phi) is 5.22. The lowest BCUT2D eigenvalue weighted by Crippen LogP contribution is -2.39. The average Bonchev–Trinajstić information content (AvgIpc) is 3.22. The maximum absolute atomic E-state index is 13.6. The van der Waals surface area contributed by atoms with Gasteiger partial charge in [0.25, 0.3) is 11.8 Å². The summed E-state index contributed by atoms with van der Waals surface area (Å²) in [6.07, 6.45) is 6.15. The Morgan fingerprint density at radius 3 is 3.04 bits per heavy atom. The van der Waals surface area contributed by atoms with Crippen LogP contribution in [-0.4, -0.2) is 44.0 Å². The minimum absolute atomic E-state index is 0.0249. The van der Waals surface area contributed by atoms with Gasteiger partial charge >= 0.3 is 0 Å². The molecule has 3 aromatic rings. The van der Waals surface area contributed by atoms with Crippen molar-refractivity contribution in [3.05, 3.63) is 66.1 Å². The molecule has 0 saturated carbocycles. The van der Waals surface area contributed by atoms with Gasteiger partial charge in [-0.15, -0.1) is 0 Å². The van der Waals surface area contributed by atoms with Crippen LogP contribution in [0, 0.1) is 5.82 Å². The van der Waals surface area contributed by atoms with Crippen molar-refractivity contribution in [2.75, 3.05) is 13.1 Å². The largest absolute Gasteiger partial charge is 0.481 e. The highest BCUT2D eigenvalue weighted by atomic mass is 19.1. The topological polar surface area (TPSA) is 94.2 Å². The highest BCUT2D eigenvalue weighted by Crippen LogP contribution is 2.26. The van der Waals surface area contributed by atoms with Gasteiger partial charge in [-0.2, -0.15) is 4.98 Å². The van der Waals surface area contributed by atoms with Crippen molar-refractivity contribution in [2.24, 2.45) is 0 Å². The molecule has 4 rings (SSSR count). The van der Waals surface area contributed by atoms with Gasteiger partial charge in [-0.1, -0.05) is 17.3 Å². The molecule has 1 aliphatic heterocycles. The summed E-state index contributed by atoms with van der Waals surface area (Å²) in [4.78, 5) is 26.7. The molecule has 0 radical (unpaired) electrons. The van der Waals surface area contributed by atoms with E-state index in [-0.39, 0.29) is 30.1 Å². The number of hydrogen-bond acceptors (Lipinski definition) is 7. The van der Waals surface area contributed by atoms with Crippen LogP contribution in [0.1, 0.15) is 41.0 Å². The first kappa shape index (κ1) is 18.0. The number of carbonyl (C=O) groups excluding carboxylic acids is 1. The zero-order chi connectivity index (χ0) is 19.3. The van der Waals surface area contributed by atoms with Crippen molar-refractivity contribution in [1.29, 1.82) is 0 Å². The quantitative estimate of drug-likeness (QED) is 0.668. The molecular formula is C19H18FN5O3. The van der Waals surface area contributed by atoms with Crippen LogP contribution in [0.3, 0.4) is 0 Å². The summed E-state index contributed by atoms with van der Waals surface area (Å²) in [5.41, 5.74) is 0.315. The smallest absolute Gasteiger partial charge is 0.274 e. The maximum Gasteiger partial charge on any atom is 0.274 e. The van der Waals surface area contributed by atoms with Gasteiger partial charge < -0.3 is 14.2 Å².